The van der Waals surface area contributed by atoms with E-state index >= 15 is 0 Å². The normalized spacial score (nSPS) is 17.0. The number of rotatable bonds is 49. The Bertz CT molecular complexity index is 930. The van der Waals surface area contributed by atoms with Gasteiger partial charge in [0.05, 0.1) is 38.1 Å². The Kier molecular flexibility index (Phi) is 42.4. The van der Waals surface area contributed by atoms with E-state index in [1.807, 2.05) is 13.8 Å². The third-order valence-corrected chi connectivity index (χ3v) is 13.3. The van der Waals surface area contributed by atoms with E-state index in [0.717, 1.165) is 89.2 Å². The van der Waals surface area contributed by atoms with E-state index in [4.69, 9.17) is 18.9 Å². The lowest BCUT2D eigenvalue weighted by Crippen LogP contribution is -2.49. The monoisotopic (exact) mass is 905 g/mol. The van der Waals surface area contributed by atoms with Crippen LogP contribution in [0.25, 0.3) is 0 Å². The highest BCUT2D eigenvalue weighted by Gasteiger charge is 2.42. The summed E-state index contributed by atoms with van der Waals surface area (Å²) in [7, 11) is 0. The van der Waals surface area contributed by atoms with E-state index in [0.29, 0.717) is 39.0 Å². The molecule has 0 aliphatic carbocycles. The lowest BCUT2D eigenvalue weighted by atomic mass is 9.79. The van der Waals surface area contributed by atoms with Crippen molar-refractivity contribution in [3.05, 3.63) is 0 Å². The van der Waals surface area contributed by atoms with Gasteiger partial charge in [0.1, 0.15) is 0 Å². The second-order valence-electron chi connectivity index (χ2n) is 20.2. The molecule has 0 saturated carbocycles. The van der Waals surface area contributed by atoms with Crippen molar-refractivity contribution in [3.63, 3.8) is 0 Å². The number of thiol groups is 1. The van der Waals surface area contributed by atoms with Gasteiger partial charge in [0.2, 0.25) is 0 Å². The third kappa shape index (κ3) is 32.7. The highest BCUT2D eigenvalue weighted by Crippen LogP contribution is 2.37. The lowest BCUT2D eigenvalue weighted by Gasteiger charge is -2.43. The highest BCUT2D eigenvalue weighted by molar-refractivity contribution is 7.80. The van der Waals surface area contributed by atoms with Crippen LogP contribution in [0.4, 0.5) is 0 Å². The van der Waals surface area contributed by atoms with Gasteiger partial charge in [-0.05, 0) is 62.5 Å². The van der Waals surface area contributed by atoms with Crippen LogP contribution >= 0.6 is 12.6 Å². The minimum atomic E-state index is -0.711. The third-order valence-electron chi connectivity index (χ3n) is 13.0. The summed E-state index contributed by atoms with van der Waals surface area (Å²) < 4.78 is 27.9. The quantitative estimate of drug-likeness (QED) is 0.0233. The summed E-state index contributed by atoms with van der Waals surface area (Å²) in [6, 6.07) is 0. The molecule has 0 rings (SSSR count). The Balaban J connectivity index is 6.13. The first-order valence-corrected chi connectivity index (χ1v) is 27.2. The Hall–Kier alpha value is 0.0300. The minimum absolute atomic E-state index is 0.0312. The van der Waals surface area contributed by atoms with Gasteiger partial charge in [-0.25, -0.2) is 0 Å². The molecule has 0 aliphatic heterocycles. The molecule has 0 bridgehead atoms. The SMILES string of the molecule is CCCCCCCCC(OCC(C)CO)C(CCCCCCCC)(CC(C)CO)OCC(C)COC(CCCCS)(CCCCCCCCCCCC(C)CO)OCC(C)CO. The smallest absolute Gasteiger partial charge is 0.168 e. The van der Waals surface area contributed by atoms with E-state index in [9.17, 15) is 20.4 Å². The van der Waals surface area contributed by atoms with Crippen molar-refractivity contribution in [1.82, 2.24) is 0 Å². The van der Waals surface area contributed by atoms with Gasteiger partial charge in [-0.15, -0.1) is 0 Å². The van der Waals surface area contributed by atoms with Crippen LogP contribution in [-0.2, 0) is 18.9 Å². The number of unbranched alkanes of at least 4 members (excludes halogenated alkanes) is 19. The number of ether oxygens (including phenoxy) is 4. The Morgan fingerprint density at radius 2 is 0.806 bits per heavy atom. The fraction of sp³-hybridized carbons (Fsp3) is 1.00. The van der Waals surface area contributed by atoms with Gasteiger partial charge >= 0.3 is 0 Å². The van der Waals surface area contributed by atoms with Gasteiger partial charge in [-0.2, -0.15) is 12.6 Å². The second-order valence-corrected chi connectivity index (χ2v) is 20.6. The standard InChI is InChI=1S/C53H108O8S/c1-8-10-12-14-22-26-32-51(58-42-48(5)40-56)52(37-47(4)39-55,33-27-23-15-13-11-9-2)59-44-50(7)45-61-53(35-29-30-36-62,60-43-49(6)41-57)34-28-24-20-18-16-17-19-21-25-31-46(3)38-54/h46-51,54-57,62H,8-45H2,1-7H3. The van der Waals surface area contributed by atoms with Gasteiger partial charge in [-0.3, -0.25) is 0 Å². The molecule has 8 unspecified atom stereocenters. The molecule has 9 heteroatoms. The van der Waals surface area contributed by atoms with Gasteiger partial charge in [0.25, 0.3) is 0 Å². The molecule has 0 spiro atoms. The molecule has 0 amide bonds. The topological polar surface area (TPSA) is 118 Å². The number of hydrogen-bond donors (Lipinski definition) is 5. The summed E-state index contributed by atoms with van der Waals surface area (Å²) in [5.74, 6) is 0.791. The summed E-state index contributed by atoms with van der Waals surface area (Å²) >= 11 is 4.53. The lowest BCUT2D eigenvalue weighted by molar-refractivity contribution is -0.259. The molecule has 0 fully saturated rings. The molecular weight excluding hydrogens is 797 g/mol. The fourth-order valence-electron chi connectivity index (χ4n) is 8.59. The first kappa shape index (κ1) is 62.0. The van der Waals surface area contributed by atoms with E-state index in [1.54, 1.807) is 0 Å². The van der Waals surface area contributed by atoms with Gasteiger partial charge in [-0.1, -0.05) is 177 Å². The van der Waals surface area contributed by atoms with Crippen LogP contribution in [0.15, 0.2) is 0 Å². The molecule has 0 saturated heterocycles. The molecule has 0 aromatic carbocycles. The average molecular weight is 906 g/mol. The maximum absolute atomic E-state index is 10.5. The molecule has 374 valence electrons. The summed E-state index contributed by atoms with van der Waals surface area (Å²) in [5.41, 5.74) is -0.547. The largest absolute Gasteiger partial charge is 0.396 e. The summed E-state index contributed by atoms with van der Waals surface area (Å²) in [4.78, 5) is 0. The number of hydrogen-bond acceptors (Lipinski definition) is 9. The van der Waals surface area contributed by atoms with E-state index in [2.05, 4.69) is 47.2 Å². The molecule has 0 heterocycles. The Morgan fingerprint density at radius 3 is 1.31 bits per heavy atom. The summed E-state index contributed by atoms with van der Waals surface area (Å²) in [5, 5.41) is 39.7. The maximum Gasteiger partial charge on any atom is 0.168 e. The van der Waals surface area contributed by atoms with Crippen molar-refractivity contribution in [2.45, 2.75) is 252 Å². The molecule has 62 heavy (non-hydrogen) atoms. The van der Waals surface area contributed by atoms with Crippen LogP contribution in [0, 0.1) is 29.6 Å². The first-order chi connectivity index (χ1) is 30.0. The molecule has 0 aromatic rings. The highest BCUT2D eigenvalue weighted by atomic mass is 32.1. The Labute approximate surface area is 391 Å². The van der Waals surface area contributed by atoms with E-state index < -0.39 is 11.4 Å². The predicted molar refractivity (Wildman–Crippen MR) is 266 cm³/mol. The van der Waals surface area contributed by atoms with E-state index in [-0.39, 0.29) is 49.6 Å². The zero-order chi connectivity index (χ0) is 46.2. The molecule has 8 nitrogen and oxygen atoms in total. The molecule has 0 radical (unpaired) electrons. The molecule has 0 aliphatic rings. The zero-order valence-electron chi connectivity index (χ0n) is 42.2. The molecular formula is C53H108O8S. The van der Waals surface area contributed by atoms with Crippen molar-refractivity contribution in [3.8, 4) is 0 Å². The van der Waals surface area contributed by atoms with Crippen LogP contribution in [-0.4, -0.2) is 96.5 Å². The molecule has 8 atom stereocenters. The average Bonchev–Trinajstić information content (AvgIpc) is 3.28. The zero-order valence-corrected chi connectivity index (χ0v) is 43.1. The molecule has 4 N–H and O–H groups in total. The van der Waals surface area contributed by atoms with Crippen LogP contribution in [0.3, 0.4) is 0 Å². The van der Waals surface area contributed by atoms with Crippen LogP contribution < -0.4 is 0 Å². The van der Waals surface area contributed by atoms with Crippen LogP contribution in [0.1, 0.15) is 235 Å². The molecule has 0 aromatic heterocycles. The number of aliphatic hydroxyl groups excluding tert-OH is 4. The fourth-order valence-corrected chi connectivity index (χ4v) is 8.82. The van der Waals surface area contributed by atoms with Crippen molar-refractivity contribution >= 4 is 12.6 Å². The van der Waals surface area contributed by atoms with Gasteiger partial charge < -0.3 is 39.4 Å². The first-order valence-electron chi connectivity index (χ1n) is 26.6. The second kappa shape index (κ2) is 42.4. The number of aliphatic hydroxyl groups is 4. The van der Waals surface area contributed by atoms with Crippen molar-refractivity contribution in [2.24, 2.45) is 29.6 Å². The van der Waals surface area contributed by atoms with Gasteiger partial charge in [0.15, 0.2) is 5.79 Å². The maximum atomic E-state index is 10.5. The Morgan fingerprint density at radius 1 is 0.403 bits per heavy atom. The van der Waals surface area contributed by atoms with Crippen molar-refractivity contribution in [2.75, 3.05) is 58.6 Å². The summed E-state index contributed by atoms with van der Waals surface area (Å²) in [6.45, 7) is 17.7. The van der Waals surface area contributed by atoms with Crippen LogP contribution in [0.2, 0.25) is 0 Å². The van der Waals surface area contributed by atoms with Crippen molar-refractivity contribution < 1.29 is 39.4 Å². The van der Waals surface area contributed by atoms with Crippen LogP contribution in [0.5, 0.6) is 0 Å². The summed E-state index contributed by atoms with van der Waals surface area (Å²) in [6.07, 6.45) is 32.7. The van der Waals surface area contributed by atoms with Gasteiger partial charge in [0, 0.05) is 57.0 Å². The van der Waals surface area contributed by atoms with E-state index in [1.165, 1.54) is 103 Å². The van der Waals surface area contributed by atoms with Crippen molar-refractivity contribution in [1.29, 1.82) is 0 Å². The minimum Gasteiger partial charge on any atom is -0.396 e. The predicted octanol–water partition coefficient (Wildman–Crippen LogP) is 13.3.